The first kappa shape index (κ1) is 17.5. The van der Waals surface area contributed by atoms with Gasteiger partial charge in [0.05, 0.1) is 28.7 Å². The third kappa shape index (κ3) is 3.70. The Bertz CT molecular complexity index is 761. The molecule has 0 unspecified atom stereocenters. The van der Waals surface area contributed by atoms with Crippen LogP contribution in [0.4, 0.5) is 13.2 Å². The lowest BCUT2D eigenvalue weighted by Gasteiger charge is -2.22. The summed E-state index contributed by atoms with van der Waals surface area (Å²) in [6, 6.07) is 5.35. The first-order valence-electron chi connectivity index (χ1n) is 8.40. The van der Waals surface area contributed by atoms with Crippen LogP contribution < -0.4 is 5.32 Å². The highest BCUT2D eigenvalue weighted by molar-refractivity contribution is 5.95. The second kappa shape index (κ2) is 6.90. The Labute approximate surface area is 144 Å². The normalized spacial score (nSPS) is 16.0. The number of rotatable bonds is 3. The Morgan fingerprint density at radius 2 is 1.88 bits per heavy atom. The summed E-state index contributed by atoms with van der Waals surface area (Å²) in [6.07, 6.45) is 2.08. The second-order valence-electron chi connectivity index (χ2n) is 6.38. The minimum absolute atomic E-state index is 0.0794. The molecule has 0 aliphatic heterocycles. The molecule has 0 saturated heterocycles. The molecule has 0 spiro atoms. The van der Waals surface area contributed by atoms with Crippen molar-refractivity contribution in [2.24, 2.45) is 0 Å². The molecule has 1 saturated carbocycles. The minimum Gasteiger partial charge on any atom is -0.349 e. The summed E-state index contributed by atoms with van der Waals surface area (Å²) in [7, 11) is 0. The summed E-state index contributed by atoms with van der Waals surface area (Å²) in [4.78, 5) is 12.5. The topological polar surface area (TPSA) is 46.9 Å². The lowest BCUT2D eigenvalue weighted by molar-refractivity contribution is -0.137. The van der Waals surface area contributed by atoms with Gasteiger partial charge in [-0.2, -0.15) is 18.3 Å². The molecule has 25 heavy (non-hydrogen) atoms. The molecule has 1 N–H and O–H groups in total. The molecule has 2 aromatic rings. The van der Waals surface area contributed by atoms with E-state index >= 15 is 0 Å². The van der Waals surface area contributed by atoms with E-state index in [-0.39, 0.29) is 17.6 Å². The molecule has 3 rings (SSSR count). The van der Waals surface area contributed by atoms with Gasteiger partial charge in [-0.3, -0.25) is 4.79 Å². The molecular formula is C18H20F3N3O. The number of hydrogen-bond donors (Lipinski definition) is 1. The van der Waals surface area contributed by atoms with Crippen LogP contribution in [0.5, 0.6) is 0 Å². The summed E-state index contributed by atoms with van der Waals surface area (Å²) in [5.41, 5.74) is -0.155. The highest BCUT2D eigenvalue weighted by Gasteiger charge is 2.34. The number of aromatic nitrogens is 2. The van der Waals surface area contributed by atoms with E-state index in [4.69, 9.17) is 0 Å². The zero-order valence-corrected chi connectivity index (χ0v) is 13.9. The van der Waals surface area contributed by atoms with Crippen LogP contribution in [0.15, 0.2) is 30.5 Å². The van der Waals surface area contributed by atoms with Gasteiger partial charge in [-0.05, 0) is 31.9 Å². The van der Waals surface area contributed by atoms with E-state index < -0.39 is 11.7 Å². The fourth-order valence-electron chi connectivity index (χ4n) is 3.28. The average Bonchev–Trinajstić information content (AvgIpc) is 2.96. The first-order chi connectivity index (χ1) is 11.9. The van der Waals surface area contributed by atoms with Gasteiger partial charge in [0, 0.05) is 6.04 Å². The maximum atomic E-state index is 13.2. The van der Waals surface area contributed by atoms with Gasteiger partial charge in [-0.1, -0.05) is 31.4 Å². The van der Waals surface area contributed by atoms with Crippen molar-refractivity contribution in [3.8, 4) is 5.69 Å². The highest BCUT2D eigenvalue weighted by atomic mass is 19.4. The van der Waals surface area contributed by atoms with Gasteiger partial charge in [-0.25, -0.2) is 4.68 Å². The van der Waals surface area contributed by atoms with Crippen LogP contribution in [0, 0.1) is 6.92 Å². The number of nitrogens with one attached hydrogen (secondary N) is 1. The van der Waals surface area contributed by atoms with E-state index in [1.807, 2.05) is 0 Å². The van der Waals surface area contributed by atoms with Crippen molar-refractivity contribution in [3.05, 3.63) is 47.3 Å². The predicted octanol–water partition coefficient (Wildman–Crippen LogP) is 4.26. The lowest BCUT2D eigenvalue weighted by Crippen LogP contribution is -2.36. The minimum atomic E-state index is -4.49. The molecule has 0 atom stereocenters. The number of benzene rings is 1. The molecule has 7 heteroatoms. The van der Waals surface area contributed by atoms with Crippen molar-refractivity contribution in [1.29, 1.82) is 0 Å². The van der Waals surface area contributed by atoms with Crippen molar-refractivity contribution in [1.82, 2.24) is 15.1 Å². The Balaban J connectivity index is 1.88. The molecule has 1 aliphatic carbocycles. The van der Waals surface area contributed by atoms with E-state index in [2.05, 4.69) is 10.4 Å². The van der Waals surface area contributed by atoms with E-state index in [0.29, 0.717) is 11.3 Å². The Hall–Kier alpha value is -2.31. The number of para-hydroxylation sites is 1. The van der Waals surface area contributed by atoms with E-state index in [1.165, 1.54) is 35.5 Å². The first-order valence-corrected chi connectivity index (χ1v) is 8.40. The quantitative estimate of drug-likeness (QED) is 0.898. The molecule has 134 valence electrons. The van der Waals surface area contributed by atoms with Gasteiger partial charge in [0.15, 0.2) is 0 Å². The van der Waals surface area contributed by atoms with Gasteiger partial charge in [0.25, 0.3) is 5.91 Å². The number of halogens is 3. The average molecular weight is 351 g/mol. The molecule has 1 heterocycles. The second-order valence-corrected chi connectivity index (χ2v) is 6.38. The van der Waals surface area contributed by atoms with Gasteiger partial charge in [-0.15, -0.1) is 0 Å². The van der Waals surface area contributed by atoms with Crippen LogP contribution in [0.25, 0.3) is 5.69 Å². The smallest absolute Gasteiger partial charge is 0.349 e. The number of nitrogens with zero attached hydrogens (tertiary/aromatic N) is 2. The van der Waals surface area contributed by atoms with E-state index in [1.54, 1.807) is 6.92 Å². The summed E-state index contributed by atoms with van der Waals surface area (Å²) in [6.45, 7) is 1.61. The van der Waals surface area contributed by atoms with Crippen molar-refractivity contribution in [2.45, 2.75) is 51.2 Å². The summed E-state index contributed by atoms with van der Waals surface area (Å²) in [5.74, 6) is -0.278. The number of carbonyl (C=O) groups is 1. The number of hydrogen-bond acceptors (Lipinski definition) is 2. The van der Waals surface area contributed by atoms with Gasteiger partial charge in [0.1, 0.15) is 0 Å². The Kier molecular flexibility index (Phi) is 4.83. The fraction of sp³-hybridized carbons (Fsp3) is 0.444. The molecule has 1 amide bonds. The molecule has 1 aliphatic rings. The maximum Gasteiger partial charge on any atom is 0.418 e. The SMILES string of the molecule is Cc1c(C(=O)NC2CCCCC2)cnn1-c1ccccc1C(F)(F)F. The molecular weight excluding hydrogens is 331 g/mol. The van der Waals surface area contributed by atoms with Gasteiger partial charge in [0.2, 0.25) is 0 Å². The highest BCUT2D eigenvalue weighted by Crippen LogP contribution is 2.34. The van der Waals surface area contributed by atoms with Gasteiger partial charge < -0.3 is 5.32 Å². The molecule has 0 radical (unpaired) electrons. The standard InChI is InChI=1S/C18H20F3N3O/c1-12-14(17(25)23-13-7-3-2-4-8-13)11-22-24(12)16-10-6-5-9-15(16)18(19,20)21/h5-6,9-11,13H,2-4,7-8H2,1H3,(H,23,25). The van der Waals surface area contributed by atoms with Crippen molar-refractivity contribution < 1.29 is 18.0 Å². The lowest BCUT2D eigenvalue weighted by atomic mass is 9.95. The maximum absolute atomic E-state index is 13.2. The molecule has 1 fully saturated rings. The van der Waals surface area contributed by atoms with Gasteiger partial charge >= 0.3 is 6.18 Å². The summed E-state index contributed by atoms with van der Waals surface area (Å²) >= 11 is 0. The zero-order chi connectivity index (χ0) is 18.0. The largest absolute Gasteiger partial charge is 0.418 e. The summed E-state index contributed by atoms with van der Waals surface area (Å²) in [5, 5.41) is 7.00. The predicted molar refractivity (Wildman–Crippen MR) is 87.6 cm³/mol. The molecule has 4 nitrogen and oxygen atoms in total. The Morgan fingerprint density at radius 1 is 1.20 bits per heavy atom. The monoisotopic (exact) mass is 351 g/mol. The van der Waals surface area contributed by atoms with Crippen LogP contribution in [0.1, 0.15) is 53.7 Å². The molecule has 0 bridgehead atoms. The Morgan fingerprint density at radius 3 is 2.56 bits per heavy atom. The summed E-state index contributed by atoms with van der Waals surface area (Å²) < 4.78 is 40.8. The van der Waals surface area contributed by atoms with Crippen molar-refractivity contribution in [3.63, 3.8) is 0 Å². The number of amides is 1. The number of carbonyl (C=O) groups excluding carboxylic acids is 1. The van der Waals surface area contributed by atoms with E-state index in [0.717, 1.165) is 31.7 Å². The van der Waals surface area contributed by atoms with E-state index in [9.17, 15) is 18.0 Å². The molecule has 1 aromatic carbocycles. The van der Waals surface area contributed by atoms with Crippen LogP contribution in [-0.2, 0) is 6.18 Å². The van der Waals surface area contributed by atoms with Crippen LogP contribution >= 0.6 is 0 Å². The van der Waals surface area contributed by atoms with Crippen LogP contribution in [0.2, 0.25) is 0 Å². The third-order valence-corrected chi connectivity index (χ3v) is 4.63. The zero-order valence-electron chi connectivity index (χ0n) is 13.9. The van der Waals surface area contributed by atoms with Crippen molar-refractivity contribution >= 4 is 5.91 Å². The fourth-order valence-corrected chi connectivity index (χ4v) is 3.28. The third-order valence-electron chi connectivity index (χ3n) is 4.63. The molecule has 1 aromatic heterocycles. The number of alkyl halides is 3. The van der Waals surface area contributed by atoms with Crippen molar-refractivity contribution in [2.75, 3.05) is 0 Å². The van der Waals surface area contributed by atoms with Crippen LogP contribution in [0.3, 0.4) is 0 Å². The van der Waals surface area contributed by atoms with Crippen LogP contribution in [-0.4, -0.2) is 21.7 Å².